The third-order valence-corrected chi connectivity index (χ3v) is 1.75. The van der Waals surface area contributed by atoms with Crippen LogP contribution < -0.4 is 5.32 Å². The smallest absolute Gasteiger partial charge is 0.412 e. The number of rotatable bonds is 2. The first-order valence-electron chi connectivity index (χ1n) is 5.08. The summed E-state index contributed by atoms with van der Waals surface area (Å²) in [6.07, 6.45) is 0.185. The Labute approximate surface area is 103 Å². The van der Waals surface area contributed by atoms with Crippen LogP contribution in [0.4, 0.5) is 14.9 Å². The van der Waals surface area contributed by atoms with E-state index in [1.807, 2.05) is 0 Å². The quantitative estimate of drug-likeness (QED) is 0.792. The number of hydrogen-bond acceptors (Lipinski definition) is 4. The third-order valence-electron chi connectivity index (χ3n) is 1.75. The van der Waals surface area contributed by atoms with Gasteiger partial charge in [0.1, 0.15) is 11.2 Å². The predicted octanol–water partition coefficient (Wildman–Crippen LogP) is 2.27. The van der Waals surface area contributed by atoms with Crippen LogP contribution in [0.5, 0.6) is 0 Å². The molecule has 0 aliphatic heterocycles. The first-order chi connectivity index (χ1) is 8.20. The number of aromatic nitrogens is 1. The van der Waals surface area contributed by atoms with E-state index in [0.717, 1.165) is 6.20 Å². The normalized spacial score (nSPS) is 10.9. The molecule has 6 nitrogen and oxygen atoms in total. The molecule has 1 amide bonds. The van der Waals surface area contributed by atoms with E-state index in [-0.39, 0.29) is 5.69 Å². The van der Waals surface area contributed by atoms with E-state index in [0.29, 0.717) is 0 Å². The van der Waals surface area contributed by atoms with Gasteiger partial charge in [0.05, 0.1) is 5.69 Å². The second kappa shape index (κ2) is 4.99. The lowest BCUT2D eigenvalue weighted by molar-refractivity contribution is 0.0636. The number of pyridine rings is 1. The zero-order chi connectivity index (χ0) is 13.9. The Hall–Kier alpha value is -2.18. The fourth-order valence-corrected chi connectivity index (χ4v) is 1.16. The highest BCUT2D eigenvalue weighted by atomic mass is 19.1. The van der Waals surface area contributed by atoms with Crippen LogP contribution in [0.15, 0.2) is 12.3 Å². The van der Waals surface area contributed by atoms with Gasteiger partial charge < -0.3 is 9.84 Å². The number of carbonyl (C=O) groups is 2. The molecule has 1 aromatic heterocycles. The van der Waals surface area contributed by atoms with Crippen molar-refractivity contribution in [1.29, 1.82) is 0 Å². The van der Waals surface area contributed by atoms with Gasteiger partial charge in [-0.15, -0.1) is 0 Å². The molecule has 98 valence electrons. The van der Waals surface area contributed by atoms with Crippen molar-refractivity contribution < 1.29 is 23.8 Å². The molecule has 0 unspecified atom stereocenters. The highest BCUT2D eigenvalue weighted by Crippen LogP contribution is 2.18. The van der Waals surface area contributed by atoms with E-state index in [1.54, 1.807) is 20.8 Å². The van der Waals surface area contributed by atoms with Crippen LogP contribution in [-0.2, 0) is 4.74 Å². The van der Waals surface area contributed by atoms with E-state index >= 15 is 0 Å². The lowest BCUT2D eigenvalue weighted by Gasteiger charge is -2.20. The van der Waals surface area contributed by atoms with Crippen molar-refractivity contribution in [2.75, 3.05) is 5.32 Å². The summed E-state index contributed by atoms with van der Waals surface area (Å²) in [7, 11) is 0. The Balaban J connectivity index is 2.95. The summed E-state index contributed by atoms with van der Waals surface area (Å²) in [5.41, 5.74) is -1.65. The SMILES string of the molecule is CC(C)(C)OC(=O)Nc1ccnc(F)c1C(=O)O. The van der Waals surface area contributed by atoms with Gasteiger partial charge in [-0.3, -0.25) is 5.32 Å². The molecule has 1 rings (SSSR count). The number of carboxylic acid groups (broad SMARTS) is 1. The van der Waals surface area contributed by atoms with Crippen molar-refractivity contribution in [2.45, 2.75) is 26.4 Å². The van der Waals surface area contributed by atoms with Gasteiger partial charge in [-0.25, -0.2) is 14.6 Å². The summed E-state index contributed by atoms with van der Waals surface area (Å²) < 4.78 is 18.1. The van der Waals surface area contributed by atoms with Gasteiger partial charge in [-0.05, 0) is 26.8 Å². The number of amides is 1. The predicted molar refractivity (Wildman–Crippen MR) is 61.0 cm³/mol. The van der Waals surface area contributed by atoms with Gasteiger partial charge in [0, 0.05) is 6.20 Å². The Morgan fingerprint density at radius 3 is 2.56 bits per heavy atom. The Morgan fingerprint density at radius 1 is 1.44 bits per heavy atom. The first kappa shape index (κ1) is 13.9. The van der Waals surface area contributed by atoms with Gasteiger partial charge in [-0.1, -0.05) is 0 Å². The minimum Gasteiger partial charge on any atom is -0.477 e. The van der Waals surface area contributed by atoms with Crippen molar-refractivity contribution in [2.24, 2.45) is 0 Å². The fourth-order valence-electron chi connectivity index (χ4n) is 1.16. The summed E-state index contributed by atoms with van der Waals surface area (Å²) in [6, 6.07) is 1.18. The van der Waals surface area contributed by atoms with Gasteiger partial charge in [0.25, 0.3) is 0 Å². The highest BCUT2D eigenvalue weighted by Gasteiger charge is 2.21. The largest absolute Gasteiger partial charge is 0.477 e. The number of nitrogens with one attached hydrogen (secondary N) is 1. The van der Waals surface area contributed by atoms with E-state index < -0.39 is 29.2 Å². The zero-order valence-corrected chi connectivity index (χ0v) is 10.2. The summed E-state index contributed by atoms with van der Waals surface area (Å²) in [6.45, 7) is 4.95. The van der Waals surface area contributed by atoms with Gasteiger partial charge in [0.2, 0.25) is 5.95 Å². The summed E-state index contributed by atoms with van der Waals surface area (Å²) >= 11 is 0. The molecule has 18 heavy (non-hydrogen) atoms. The van der Waals surface area contributed by atoms with Crippen LogP contribution in [0.25, 0.3) is 0 Å². The Bertz CT molecular complexity index is 482. The number of halogens is 1. The minimum atomic E-state index is -1.52. The Kier molecular flexibility index (Phi) is 3.85. The first-order valence-corrected chi connectivity index (χ1v) is 5.08. The summed E-state index contributed by atoms with van der Waals surface area (Å²) in [5, 5.41) is 11.0. The van der Waals surface area contributed by atoms with E-state index in [4.69, 9.17) is 9.84 Å². The van der Waals surface area contributed by atoms with Crippen molar-refractivity contribution in [3.8, 4) is 0 Å². The average molecular weight is 256 g/mol. The number of anilines is 1. The van der Waals surface area contributed by atoms with E-state index in [1.165, 1.54) is 6.07 Å². The summed E-state index contributed by atoms with van der Waals surface area (Å²) in [4.78, 5) is 25.5. The molecule has 0 atom stereocenters. The lowest BCUT2D eigenvalue weighted by atomic mass is 10.2. The molecule has 0 aliphatic carbocycles. The number of carboxylic acids is 1. The maximum absolute atomic E-state index is 13.2. The highest BCUT2D eigenvalue weighted by molar-refractivity contribution is 5.98. The second-order valence-electron chi connectivity index (χ2n) is 4.46. The minimum absolute atomic E-state index is 0.204. The van der Waals surface area contributed by atoms with Crippen LogP contribution >= 0.6 is 0 Å². The maximum Gasteiger partial charge on any atom is 0.412 e. The molecule has 0 fully saturated rings. The monoisotopic (exact) mass is 256 g/mol. The standard InChI is InChI=1S/C11H13FN2O4/c1-11(2,3)18-10(17)14-6-4-5-13-8(12)7(6)9(15)16/h4-5H,1-3H3,(H,15,16)(H,13,14,17). The second-order valence-corrected chi connectivity index (χ2v) is 4.46. The van der Waals surface area contributed by atoms with Crippen molar-refractivity contribution >= 4 is 17.7 Å². The van der Waals surface area contributed by atoms with Gasteiger partial charge >= 0.3 is 12.1 Å². The molecule has 0 aliphatic rings. The topological polar surface area (TPSA) is 88.5 Å². The average Bonchev–Trinajstić information content (AvgIpc) is 2.13. The molecular formula is C11H13FN2O4. The molecule has 0 aromatic carbocycles. The van der Waals surface area contributed by atoms with Crippen LogP contribution in [0, 0.1) is 5.95 Å². The van der Waals surface area contributed by atoms with Crippen LogP contribution in [-0.4, -0.2) is 27.8 Å². The lowest BCUT2D eigenvalue weighted by Crippen LogP contribution is -2.28. The molecule has 0 saturated heterocycles. The number of hydrogen-bond donors (Lipinski definition) is 2. The molecular weight excluding hydrogens is 243 g/mol. The van der Waals surface area contributed by atoms with E-state index in [2.05, 4.69) is 10.3 Å². The molecule has 1 aromatic rings. The molecule has 0 bridgehead atoms. The number of nitrogens with zero attached hydrogens (tertiary/aromatic N) is 1. The summed E-state index contributed by atoms with van der Waals surface area (Å²) in [5.74, 6) is -2.69. The number of carbonyl (C=O) groups excluding carboxylic acids is 1. The molecule has 0 saturated carbocycles. The molecule has 0 spiro atoms. The fraction of sp³-hybridized carbons (Fsp3) is 0.364. The van der Waals surface area contributed by atoms with E-state index in [9.17, 15) is 14.0 Å². The maximum atomic E-state index is 13.2. The van der Waals surface area contributed by atoms with Crippen molar-refractivity contribution in [3.05, 3.63) is 23.8 Å². The van der Waals surface area contributed by atoms with Gasteiger partial charge in [-0.2, -0.15) is 4.39 Å². The molecule has 0 radical (unpaired) electrons. The van der Waals surface area contributed by atoms with Crippen LogP contribution in [0.3, 0.4) is 0 Å². The number of aromatic carboxylic acids is 1. The third kappa shape index (κ3) is 3.69. The molecule has 2 N–H and O–H groups in total. The van der Waals surface area contributed by atoms with Crippen LogP contribution in [0.1, 0.15) is 31.1 Å². The number of ether oxygens (including phenoxy) is 1. The Morgan fingerprint density at radius 2 is 2.06 bits per heavy atom. The van der Waals surface area contributed by atoms with Gasteiger partial charge in [0.15, 0.2) is 0 Å². The zero-order valence-electron chi connectivity index (χ0n) is 10.2. The van der Waals surface area contributed by atoms with Crippen molar-refractivity contribution in [3.63, 3.8) is 0 Å². The van der Waals surface area contributed by atoms with Crippen molar-refractivity contribution in [1.82, 2.24) is 4.98 Å². The van der Waals surface area contributed by atoms with Crippen LogP contribution in [0.2, 0.25) is 0 Å². The molecule has 1 heterocycles. The molecule has 7 heteroatoms.